The van der Waals surface area contributed by atoms with Gasteiger partial charge in [-0.3, -0.25) is 0 Å². The van der Waals surface area contributed by atoms with Crippen LogP contribution in [-0.2, 0) is 17.8 Å². The Morgan fingerprint density at radius 3 is 2.50 bits per heavy atom. The Balaban J connectivity index is 1.50. The molecule has 7 heteroatoms. The van der Waals surface area contributed by atoms with Gasteiger partial charge >= 0.3 is 0 Å². The minimum atomic E-state index is -2.77. The molecule has 4 N–H and O–H groups in total. The Labute approximate surface area is 189 Å². The van der Waals surface area contributed by atoms with Crippen LogP contribution in [0, 0.1) is 0 Å². The lowest BCUT2D eigenvalue weighted by Crippen LogP contribution is -2.25. The molecule has 0 heterocycles. The van der Waals surface area contributed by atoms with Crippen LogP contribution in [0.5, 0.6) is 5.75 Å². The number of halogens is 2. The fourth-order valence-corrected chi connectivity index (χ4v) is 3.39. The van der Waals surface area contributed by atoms with Crippen LogP contribution in [-0.4, -0.2) is 47.5 Å². The summed E-state index contributed by atoms with van der Waals surface area (Å²) in [5.74, 6) is -2.80. The van der Waals surface area contributed by atoms with Crippen molar-refractivity contribution in [2.45, 2.75) is 57.2 Å². The molecule has 32 heavy (non-hydrogen) atoms. The van der Waals surface area contributed by atoms with Gasteiger partial charge in [0.05, 0.1) is 19.3 Å². The average molecular weight is 452 g/mol. The summed E-state index contributed by atoms with van der Waals surface area (Å²) < 4.78 is 33.4. The van der Waals surface area contributed by atoms with Crippen LogP contribution in [0.2, 0.25) is 0 Å². The van der Waals surface area contributed by atoms with E-state index in [4.69, 9.17) is 9.84 Å². The van der Waals surface area contributed by atoms with Crippen molar-refractivity contribution in [1.82, 2.24) is 5.32 Å². The molecule has 1 atom stereocenters. The van der Waals surface area contributed by atoms with Crippen molar-refractivity contribution >= 4 is 0 Å². The number of alkyl halides is 2. The molecule has 0 bridgehead atoms. The number of rotatable bonds is 16. The van der Waals surface area contributed by atoms with Gasteiger partial charge < -0.3 is 25.4 Å². The number of aryl methyl sites for hydroxylation is 1. The SMILES string of the molecule is OCc1cc(C(O)CNCCCC(F)(F)CCOCCCCc2ccccc2)ccc1O. The summed E-state index contributed by atoms with van der Waals surface area (Å²) in [5, 5.41) is 31.9. The van der Waals surface area contributed by atoms with E-state index in [2.05, 4.69) is 17.4 Å². The molecule has 0 amide bonds. The first kappa shape index (κ1) is 26.2. The third-order valence-corrected chi connectivity index (χ3v) is 5.35. The fraction of sp³-hybridized carbons (Fsp3) is 0.520. The summed E-state index contributed by atoms with van der Waals surface area (Å²) >= 11 is 0. The van der Waals surface area contributed by atoms with Crippen molar-refractivity contribution in [1.29, 1.82) is 0 Å². The van der Waals surface area contributed by atoms with E-state index in [0.717, 1.165) is 19.3 Å². The minimum absolute atomic E-state index is 0.0326. The van der Waals surface area contributed by atoms with Gasteiger partial charge in [0, 0.05) is 31.6 Å². The molecular formula is C25H35F2NO4. The molecule has 0 spiro atoms. The molecule has 0 radical (unpaired) electrons. The monoisotopic (exact) mass is 451 g/mol. The summed E-state index contributed by atoms with van der Waals surface area (Å²) in [4.78, 5) is 0. The van der Waals surface area contributed by atoms with Crippen molar-refractivity contribution < 1.29 is 28.8 Å². The molecular weight excluding hydrogens is 416 g/mol. The van der Waals surface area contributed by atoms with Gasteiger partial charge in [0.2, 0.25) is 5.92 Å². The summed E-state index contributed by atoms with van der Waals surface area (Å²) in [6.07, 6.45) is 1.71. The second kappa shape index (κ2) is 14.2. The maximum Gasteiger partial charge on any atom is 0.250 e. The highest BCUT2D eigenvalue weighted by Crippen LogP contribution is 2.25. The van der Waals surface area contributed by atoms with Gasteiger partial charge in [-0.1, -0.05) is 36.4 Å². The molecule has 0 aliphatic heterocycles. The Hall–Kier alpha value is -2.06. The van der Waals surface area contributed by atoms with Crippen LogP contribution < -0.4 is 5.32 Å². The molecule has 2 aromatic carbocycles. The molecule has 5 nitrogen and oxygen atoms in total. The lowest BCUT2D eigenvalue weighted by molar-refractivity contribution is -0.0413. The van der Waals surface area contributed by atoms with Crippen LogP contribution in [0.3, 0.4) is 0 Å². The third-order valence-electron chi connectivity index (χ3n) is 5.35. The molecule has 0 saturated carbocycles. The fourth-order valence-electron chi connectivity index (χ4n) is 3.39. The Bertz CT molecular complexity index is 774. The molecule has 0 aromatic heterocycles. The lowest BCUT2D eigenvalue weighted by Gasteiger charge is -2.17. The van der Waals surface area contributed by atoms with Gasteiger partial charge in [-0.2, -0.15) is 0 Å². The maximum absolute atomic E-state index is 14.0. The topological polar surface area (TPSA) is 82.0 Å². The van der Waals surface area contributed by atoms with Crippen molar-refractivity contribution in [3.05, 3.63) is 65.2 Å². The van der Waals surface area contributed by atoms with Crippen LogP contribution in [0.4, 0.5) is 8.78 Å². The second-order valence-corrected chi connectivity index (χ2v) is 8.03. The van der Waals surface area contributed by atoms with E-state index in [1.54, 1.807) is 6.07 Å². The van der Waals surface area contributed by atoms with E-state index in [9.17, 15) is 19.0 Å². The lowest BCUT2D eigenvalue weighted by atomic mass is 10.1. The number of aliphatic hydroxyl groups is 2. The number of aromatic hydroxyl groups is 1. The van der Waals surface area contributed by atoms with Crippen LogP contribution >= 0.6 is 0 Å². The summed E-state index contributed by atoms with van der Waals surface area (Å²) in [6, 6.07) is 14.7. The first-order chi connectivity index (χ1) is 15.4. The van der Waals surface area contributed by atoms with E-state index in [1.807, 2.05) is 18.2 Å². The van der Waals surface area contributed by atoms with Crippen LogP contribution in [0.15, 0.2) is 48.5 Å². The predicted molar refractivity (Wildman–Crippen MR) is 121 cm³/mol. The molecule has 2 aromatic rings. The smallest absolute Gasteiger partial charge is 0.250 e. The number of phenols is 1. The standard InChI is InChI=1S/C25H35F2NO4/c26-25(27,13-16-32-15-5-4-9-20-7-2-1-3-8-20)12-6-14-28-18-24(31)21-10-11-23(30)22(17-21)19-29/h1-3,7-8,10-11,17,24,28-31H,4-6,9,12-16,18-19H2. The van der Waals surface area contributed by atoms with Gasteiger partial charge in [0.1, 0.15) is 5.75 Å². The largest absolute Gasteiger partial charge is 0.508 e. The maximum atomic E-state index is 14.0. The van der Waals surface area contributed by atoms with Gasteiger partial charge in [0.15, 0.2) is 0 Å². The normalized spacial score (nSPS) is 12.8. The highest BCUT2D eigenvalue weighted by Gasteiger charge is 2.27. The molecule has 0 aliphatic carbocycles. The first-order valence-electron chi connectivity index (χ1n) is 11.2. The van der Waals surface area contributed by atoms with E-state index in [0.29, 0.717) is 24.3 Å². The van der Waals surface area contributed by atoms with Crippen molar-refractivity contribution in [2.24, 2.45) is 0 Å². The molecule has 0 fully saturated rings. The zero-order valence-corrected chi connectivity index (χ0v) is 18.5. The van der Waals surface area contributed by atoms with Crippen molar-refractivity contribution in [3.8, 4) is 5.75 Å². The summed E-state index contributed by atoms with van der Waals surface area (Å²) in [6.45, 7) is 0.785. The number of nitrogens with one attached hydrogen (secondary N) is 1. The molecule has 0 aliphatic rings. The number of hydrogen-bond donors (Lipinski definition) is 4. The highest BCUT2D eigenvalue weighted by atomic mass is 19.3. The number of benzene rings is 2. The summed E-state index contributed by atoms with van der Waals surface area (Å²) in [5.41, 5.74) is 2.16. The Morgan fingerprint density at radius 2 is 1.75 bits per heavy atom. The number of unbranched alkanes of at least 4 members (excludes halogenated alkanes) is 1. The third kappa shape index (κ3) is 10.0. The van der Waals surface area contributed by atoms with E-state index >= 15 is 0 Å². The van der Waals surface area contributed by atoms with Crippen LogP contribution in [0.1, 0.15) is 54.9 Å². The summed E-state index contributed by atoms with van der Waals surface area (Å²) in [7, 11) is 0. The van der Waals surface area contributed by atoms with Gasteiger partial charge in [-0.25, -0.2) is 8.78 Å². The van der Waals surface area contributed by atoms with Crippen LogP contribution in [0.25, 0.3) is 0 Å². The number of aliphatic hydroxyl groups excluding tert-OH is 2. The molecule has 0 saturated heterocycles. The van der Waals surface area contributed by atoms with Gasteiger partial charge in [0.25, 0.3) is 0 Å². The Morgan fingerprint density at radius 1 is 0.969 bits per heavy atom. The second-order valence-electron chi connectivity index (χ2n) is 8.03. The molecule has 2 rings (SSSR count). The van der Waals surface area contributed by atoms with E-state index in [-0.39, 0.29) is 44.8 Å². The van der Waals surface area contributed by atoms with Gasteiger partial charge in [-0.15, -0.1) is 0 Å². The molecule has 1 unspecified atom stereocenters. The van der Waals surface area contributed by atoms with Crippen molar-refractivity contribution in [3.63, 3.8) is 0 Å². The van der Waals surface area contributed by atoms with Gasteiger partial charge in [-0.05, 0) is 55.5 Å². The zero-order valence-electron chi connectivity index (χ0n) is 18.5. The first-order valence-corrected chi connectivity index (χ1v) is 11.2. The van der Waals surface area contributed by atoms with E-state index < -0.39 is 12.0 Å². The number of ether oxygens (including phenoxy) is 1. The van der Waals surface area contributed by atoms with E-state index in [1.165, 1.54) is 17.7 Å². The molecule has 178 valence electrons. The highest BCUT2D eigenvalue weighted by molar-refractivity contribution is 5.36. The quantitative estimate of drug-likeness (QED) is 0.285. The number of hydrogen-bond acceptors (Lipinski definition) is 5. The predicted octanol–water partition coefficient (Wildman–Crippen LogP) is 4.35. The Kier molecular flexibility index (Phi) is 11.6. The zero-order chi connectivity index (χ0) is 23.2. The average Bonchev–Trinajstić information content (AvgIpc) is 2.79. The minimum Gasteiger partial charge on any atom is -0.508 e. The van der Waals surface area contributed by atoms with Crippen molar-refractivity contribution in [2.75, 3.05) is 26.3 Å².